The number of benzene rings is 2. The van der Waals surface area contributed by atoms with E-state index in [2.05, 4.69) is 10.3 Å². The standard InChI is InChI=1S/C24H28N2O4S/c1-4-20(14-19-11-6-5-7-12-19)25-23(27)16-31(28,29)15-22-18(3)30-24(26-22)21-13-9-8-10-17(21)2/h5-13,20H,4,14-16H2,1-3H3,(H,25,27)/t20-/m0/s1. The van der Waals surface area contributed by atoms with Crippen molar-refractivity contribution in [3.05, 3.63) is 77.2 Å². The lowest BCUT2D eigenvalue weighted by Crippen LogP contribution is -2.39. The summed E-state index contributed by atoms with van der Waals surface area (Å²) in [5, 5.41) is 2.85. The quantitative estimate of drug-likeness (QED) is 0.543. The number of amides is 1. The Labute approximate surface area is 183 Å². The predicted molar refractivity (Wildman–Crippen MR) is 121 cm³/mol. The van der Waals surface area contributed by atoms with Gasteiger partial charge in [0.05, 0.1) is 11.4 Å². The van der Waals surface area contributed by atoms with E-state index in [-0.39, 0.29) is 11.8 Å². The zero-order valence-electron chi connectivity index (χ0n) is 18.1. The Balaban J connectivity index is 1.64. The Morgan fingerprint density at radius 2 is 1.74 bits per heavy atom. The average molecular weight is 441 g/mol. The van der Waals surface area contributed by atoms with Gasteiger partial charge in [-0.05, 0) is 43.9 Å². The molecule has 1 atom stereocenters. The van der Waals surface area contributed by atoms with Crippen molar-refractivity contribution in [2.75, 3.05) is 5.75 Å². The summed E-state index contributed by atoms with van der Waals surface area (Å²) in [5.74, 6) is -0.582. The van der Waals surface area contributed by atoms with Crippen LogP contribution in [0.3, 0.4) is 0 Å². The first-order valence-corrected chi connectivity index (χ1v) is 12.2. The molecule has 0 radical (unpaired) electrons. The second-order valence-corrected chi connectivity index (χ2v) is 9.80. The number of oxazole rings is 1. The van der Waals surface area contributed by atoms with E-state index in [1.807, 2.05) is 68.4 Å². The van der Waals surface area contributed by atoms with E-state index >= 15 is 0 Å². The van der Waals surface area contributed by atoms with Crippen LogP contribution in [0, 0.1) is 13.8 Å². The molecule has 6 nitrogen and oxygen atoms in total. The second-order valence-electron chi connectivity index (χ2n) is 7.73. The number of rotatable bonds is 9. The van der Waals surface area contributed by atoms with Crippen LogP contribution in [0.25, 0.3) is 11.5 Å². The number of hydrogen-bond donors (Lipinski definition) is 1. The number of aromatic nitrogens is 1. The first-order chi connectivity index (χ1) is 14.8. The second kappa shape index (κ2) is 9.92. The Bertz CT molecular complexity index is 1140. The van der Waals surface area contributed by atoms with Gasteiger partial charge in [0.25, 0.3) is 0 Å². The maximum atomic E-state index is 12.7. The highest BCUT2D eigenvalue weighted by atomic mass is 32.2. The van der Waals surface area contributed by atoms with Crippen LogP contribution in [-0.2, 0) is 26.8 Å². The van der Waals surface area contributed by atoms with Crippen LogP contribution in [0.15, 0.2) is 59.0 Å². The number of nitrogens with zero attached hydrogens (tertiary/aromatic N) is 1. The largest absolute Gasteiger partial charge is 0.441 e. The number of carbonyl (C=O) groups is 1. The molecule has 31 heavy (non-hydrogen) atoms. The number of sulfone groups is 1. The van der Waals surface area contributed by atoms with Gasteiger partial charge in [0.15, 0.2) is 9.84 Å². The van der Waals surface area contributed by atoms with Crippen LogP contribution in [-0.4, -0.2) is 31.1 Å². The van der Waals surface area contributed by atoms with Gasteiger partial charge >= 0.3 is 0 Å². The minimum absolute atomic E-state index is 0.119. The zero-order chi connectivity index (χ0) is 22.4. The number of hydrogen-bond acceptors (Lipinski definition) is 5. The summed E-state index contributed by atoms with van der Waals surface area (Å²) in [6, 6.07) is 17.3. The highest BCUT2D eigenvalue weighted by molar-refractivity contribution is 7.91. The lowest BCUT2D eigenvalue weighted by Gasteiger charge is -2.17. The fourth-order valence-electron chi connectivity index (χ4n) is 3.41. The van der Waals surface area contributed by atoms with Gasteiger partial charge < -0.3 is 9.73 Å². The van der Waals surface area contributed by atoms with Crippen LogP contribution in [0.5, 0.6) is 0 Å². The van der Waals surface area contributed by atoms with Crippen molar-refractivity contribution in [2.24, 2.45) is 0 Å². The topological polar surface area (TPSA) is 89.3 Å². The van der Waals surface area contributed by atoms with E-state index in [9.17, 15) is 13.2 Å². The number of aryl methyl sites for hydroxylation is 2. The fraction of sp³-hybridized carbons (Fsp3) is 0.333. The molecule has 1 amide bonds. The molecule has 1 aromatic heterocycles. The normalized spacial score (nSPS) is 12.5. The summed E-state index contributed by atoms with van der Waals surface area (Å²) in [7, 11) is -3.70. The predicted octanol–water partition coefficient (Wildman–Crippen LogP) is 4.01. The molecule has 1 heterocycles. The van der Waals surface area contributed by atoms with E-state index in [1.165, 1.54) is 0 Å². The Kier molecular flexibility index (Phi) is 7.28. The van der Waals surface area contributed by atoms with Gasteiger partial charge in [-0.1, -0.05) is 55.5 Å². The number of nitrogens with one attached hydrogen (secondary N) is 1. The highest BCUT2D eigenvalue weighted by Gasteiger charge is 2.23. The average Bonchev–Trinajstić information content (AvgIpc) is 3.07. The summed E-state index contributed by atoms with van der Waals surface area (Å²) in [6.45, 7) is 5.59. The third-order valence-corrected chi connectivity index (χ3v) is 6.57. The minimum Gasteiger partial charge on any atom is -0.441 e. The van der Waals surface area contributed by atoms with Crippen molar-refractivity contribution in [1.29, 1.82) is 0 Å². The summed E-state index contributed by atoms with van der Waals surface area (Å²) in [6.07, 6.45) is 1.37. The molecule has 0 aliphatic heterocycles. The molecular formula is C24H28N2O4S. The molecule has 0 aliphatic rings. The third-order valence-electron chi connectivity index (χ3n) is 5.16. The molecule has 164 valence electrons. The van der Waals surface area contributed by atoms with Gasteiger partial charge in [-0.15, -0.1) is 0 Å². The zero-order valence-corrected chi connectivity index (χ0v) is 18.9. The van der Waals surface area contributed by atoms with E-state index in [0.717, 1.165) is 16.7 Å². The van der Waals surface area contributed by atoms with Crippen LogP contribution in [0.2, 0.25) is 0 Å². The molecule has 0 saturated heterocycles. The van der Waals surface area contributed by atoms with E-state index in [1.54, 1.807) is 6.92 Å². The molecule has 0 aliphatic carbocycles. The summed E-state index contributed by atoms with van der Waals surface area (Å²) in [5.41, 5.74) is 3.24. The molecule has 3 aromatic rings. The van der Waals surface area contributed by atoms with Crippen molar-refractivity contribution >= 4 is 15.7 Å². The molecule has 2 aromatic carbocycles. The van der Waals surface area contributed by atoms with Crippen LogP contribution in [0.1, 0.15) is 35.9 Å². The number of carbonyl (C=O) groups excluding carboxylic acids is 1. The fourth-order valence-corrected chi connectivity index (χ4v) is 4.68. The van der Waals surface area contributed by atoms with E-state index in [0.29, 0.717) is 30.2 Å². The van der Waals surface area contributed by atoms with Gasteiger partial charge in [0.1, 0.15) is 11.5 Å². The van der Waals surface area contributed by atoms with Crippen LogP contribution in [0.4, 0.5) is 0 Å². The molecule has 0 unspecified atom stereocenters. The van der Waals surface area contributed by atoms with Crippen LogP contribution < -0.4 is 5.32 Å². The Hall–Kier alpha value is -2.93. The lowest BCUT2D eigenvalue weighted by molar-refractivity contribution is -0.119. The van der Waals surface area contributed by atoms with Crippen molar-refractivity contribution < 1.29 is 17.6 Å². The monoisotopic (exact) mass is 440 g/mol. The molecule has 0 spiro atoms. The maximum Gasteiger partial charge on any atom is 0.235 e. The Morgan fingerprint density at radius 1 is 1.06 bits per heavy atom. The SMILES string of the molecule is CC[C@@H](Cc1ccccc1)NC(=O)CS(=O)(=O)Cc1nc(-c2ccccc2C)oc1C. The van der Waals surface area contributed by atoms with Gasteiger partial charge in [-0.25, -0.2) is 13.4 Å². The first kappa shape index (κ1) is 22.7. The molecular weight excluding hydrogens is 412 g/mol. The summed E-state index contributed by atoms with van der Waals surface area (Å²) < 4.78 is 31.0. The molecule has 3 rings (SSSR count). The van der Waals surface area contributed by atoms with Gasteiger partial charge in [-0.3, -0.25) is 4.79 Å². The molecule has 1 N–H and O–H groups in total. The van der Waals surface area contributed by atoms with Crippen molar-refractivity contribution in [3.8, 4) is 11.5 Å². The van der Waals surface area contributed by atoms with E-state index in [4.69, 9.17) is 4.42 Å². The summed E-state index contributed by atoms with van der Waals surface area (Å²) in [4.78, 5) is 16.8. The van der Waals surface area contributed by atoms with Crippen molar-refractivity contribution in [2.45, 2.75) is 45.4 Å². The Morgan fingerprint density at radius 3 is 2.42 bits per heavy atom. The molecule has 0 bridgehead atoms. The smallest absolute Gasteiger partial charge is 0.235 e. The van der Waals surface area contributed by atoms with Gasteiger partial charge in [0.2, 0.25) is 11.8 Å². The van der Waals surface area contributed by atoms with Crippen molar-refractivity contribution in [1.82, 2.24) is 10.3 Å². The van der Waals surface area contributed by atoms with Gasteiger partial charge in [0, 0.05) is 11.6 Å². The molecule has 0 fully saturated rings. The molecule has 0 saturated carbocycles. The first-order valence-electron chi connectivity index (χ1n) is 10.3. The lowest BCUT2D eigenvalue weighted by atomic mass is 10.0. The molecule has 7 heteroatoms. The summed E-state index contributed by atoms with van der Waals surface area (Å²) >= 11 is 0. The van der Waals surface area contributed by atoms with E-state index < -0.39 is 21.5 Å². The maximum absolute atomic E-state index is 12.7. The van der Waals surface area contributed by atoms with Crippen molar-refractivity contribution in [3.63, 3.8) is 0 Å². The highest BCUT2D eigenvalue weighted by Crippen LogP contribution is 2.25. The van der Waals surface area contributed by atoms with Crippen LogP contribution >= 0.6 is 0 Å². The van der Waals surface area contributed by atoms with Gasteiger partial charge in [-0.2, -0.15) is 0 Å². The minimum atomic E-state index is -3.70. The third kappa shape index (κ3) is 6.28.